The van der Waals surface area contributed by atoms with Crippen molar-refractivity contribution in [2.45, 2.75) is 27.2 Å². The predicted octanol–water partition coefficient (Wildman–Crippen LogP) is 4.41. The van der Waals surface area contributed by atoms with Crippen molar-refractivity contribution < 1.29 is 14.4 Å². The number of ether oxygens (including phenoxy) is 2. The van der Waals surface area contributed by atoms with E-state index in [0.29, 0.717) is 35.1 Å². The third-order valence-electron chi connectivity index (χ3n) is 2.72. The van der Waals surface area contributed by atoms with Gasteiger partial charge in [-0.2, -0.15) is 0 Å². The number of rotatable bonds is 7. The van der Waals surface area contributed by atoms with Crippen LogP contribution in [0.3, 0.4) is 0 Å². The number of allylic oxidation sites excluding steroid dienone is 1. The maximum absolute atomic E-state index is 11.1. The van der Waals surface area contributed by atoms with Crippen LogP contribution in [0.25, 0.3) is 6.08 Å². The predicted molar refractivity (Wildman–Crippen MR) is 83.6 cm³/mol. The van der Waals surface area contributed by atoms with Gasteiger partial charge >= 0.3 is 0 Å². The Morgan fingerprint density at radius 2 is 2.14 bits per heavy atom. The van der Waals surface area contributed by atoms with Gasteiger partial charge in [0.05, 0.1) is 23.7 Å². The molecule has 0 aliphatic carbocycles. The summed E-state index contributed by atoms with van der Waals surface area (Å²) in [6, 6.07) is 3.32. The standard InChI is InChI=1S/C15H20ClNO4/c1-5-21-14-9-11(8-13(16)15(14)20-4)7-12(17(18)19)6-10(2)3/h7-10H,5-6H2,1-4H3. The summed E-state index contributed by atoms with van der Waals surface area (Å²) in [5.74, 6) is 1.11. The van der Waals surface area contributed by atoms with Crippen molar-refractivity contribution in [1.82, 2.24) is 0 Å². The molecule has 21 heavy (non-hydrogen) atoms. The quantitative estimate of drug-likeness (QED) is 0.552. The van der Waals surface area contributed by atoms with Gasteiger partial charge in [-0.15, -0.1) is 0 Å². The summed E-state index contributed by atoms with van der Waals surface area (Å²) in [6.07, 6.45) is 1.91. The van der Waals surface area contributed by atoms with Gasteiger partial charge in [0.1, 0.15) is 0 Å². The minimum absolute atomic E-state index is 0.147. The summed E-state index contributed by atoms with van der Waals surface area (Å²) in [7, 11) is 1.50. The van der Waals surface area contributed by atoms with Crippen molar-refractivity contribution in [3.8, 4) is 11.5 Å². The van der Waals surface area contributed by atoms with Crippen LogP contribution in [0.15, 0.2) is 17.8 Å². The second-order valence-electron chi connectivity index (χ2n) is 4.96. The zero-order valence-corrected chi connectivity index (χ0v) is 13.4. The molecule has 1 aromatic rings. The van der Waals surface area contributed by atoms with Crippen LogP contribution in [0.5, 0.6) is 11.5 Å². The first kappa shape index (κ1) is 17.3. The van der Waals surface area contributed by atoms with Gasteiger partial charge in [-0.25, -0.2) is 0 Å². The van der Waals surface area contributed by atoms with E-state index in [-0.39, 0.29) is 16.5 Å². The smallest absolute Gasteiger partial charge is 0.247 e. The first-order valence-corrected chi connectivity index (χ1v) is 7.12. The average molecular weight is 314 g/mol. The molecular formula is C15H20ClNO4. The van der Waals surface area contributed by atoms with Crippen LogP contribution < -0.4 is 9.47 Å². The van der Waals surface area contributed by atoms with E-state index in [2.05, 4.69) is 0 Å². The Morgan fingerprint density at radius 1 is 1.48 bits per heavy atom. The molecule has 0 unspecified atom stereocenters. The fraction of sp³-hybridized carbons (Fsp3) is 0.467. The Kier molecular flexibility index (Phi) is 6.49. The van der Waals surface area contributed by atoms with Crippen LogP contribution >= 0.6 is 11.6 Å². The normalized spacial score (nSPS) is 11.6. The highest BCUT2D eigenvalue weighted by molar-refractivity contribution is 6.32. The van der Waals surface area contributed by atoms with Gasteiger partial charge in [0, 0.05) is 12.5 Å². The second kappa shape index (κ2) is 7.88. The van der Waals surface area contributed by atoms with E-state index in [1.165, 1.54) is 13.2 Å². The third-order valence-corrected chi connectivity index (χ3v) is 3.00. The van der Waals surface area contributed by atoms with Gasteiger partial charge in [-0.1, -0.05) is 25.4 Å². The molecule has 0 aromatic heterocycles. The molecule has 0 N–H and O–H groups in total. The van der Waals surface area contributed by atoms with E-state index in [1.807, 2.05) is 20.8 Å². The Bertz CT molecular complexity index is 541. The summed E-state index contributed by atoms with van der Waals surface area (Å²) < 4.78 is 10.7. The SMILES string of the molecule is CCOc1cc(C=C(CC(C)C)[N+](=O)[O-])cc(Cl)c1OC. The molecule has 0 heterocycles. The van der Waals surface area contributed by atoms with E-state index in [9.17, 15) is 10.1 Å². The van der Waals surface area contributed by atoms with Gasteiger partial charge < -0.3 is 9.47 Å². The van der Waals surface area contributed by atoms with Crippen LogP contribution in [-0.4, -0.2) is 18.6 Å². The van der Waals surface area contributed by atoms with E-state index in [0.717, 1.165) is 0 Å². The fourth-order valence-corrected chi connectivity index (χ4v) is 2.23. The number of nitrogens with zero attached hydrogens (tertiary/aromatic N) is 1. The number of hydrogen-bond donors (Lipinski definition) is 0. The monoisotopic (exact) mass is 313 g/mol. The first-order chi connectivity index (χ1) is 9.88. The highest BCUT2D eigenvalue weighted by atomic mass is 35.5. The fourth-order valence-electron chi connectivity index (χ4n) is 1.93. The summed E-state index contributed by atoms with van der Waals surface area (Å²) >= 11 is 6.14. The first-order valence-electron chi connectivity index (χ1n) is 6.74. The molecule has 0 atom stereocenters. The molecule has 116 valence electrons. The molecule has 0 saturated heterocycles. The van der Waals surface area contributed by atoms with Crippen molar-refractivity contribution >= 4 is 17.7 Å². The van der Waals surface area contributed by atoms with Crippen LogP contribution in [0.1, 0.15) is 32.8 Å². The highest BCUT2D eigenvalue weighted by Crippen LogP contribution is 2.37. The number of nitro groups is 1. The minimum Gasteiger partial charge on any atom is -0.491 e. The molecule has 1 aromatic carbocycles. The topological polar surface area (TPSA) is 61.6 Å². The molecule has 0 spiro atoms. The Balaban J connectivity index is 3.25. The number of benzene rings is 1. The Hall–Kier alpha value is -1.75. The lowest BCUT2D eigenvalue weighted by molar-refractivity contribution is -0.427. The molecule has 1 rings (SSSR count). The van der Waals surface area contributed by atoms with Gasteiger partial charge in [0.2, 0.25) is 5.70 Å². The molecule has 0 aliphatic heterocycles. The molecular weight excluding hydrogens is 294 g/mol. The van der Waals surface area contributed by atoms with Crippen molar-refractivity contribution in [3.05, 3.63) is 38.5 Å². The summed E-state index contributed by atoms with van der Waals surface area (Å²) in [4.78, 5) is 10.7. The number of methoxy groups -OCH3 is 1. The molecule has 0 bridgehead atoms. The molecule has 0 fully saturated rings. The van der Waals surface area contributed by atoms with E-state index < -0.39 is 0 Å². The van der Waals surface area contributed by atoms with Crippen LogP contribution in [0.4, 0.5) is 0 Å². The van der Waals surface area contributed by atoms with Crippen molar-refractivity contribution in [3.63, 3.8) is 0 Å². The van der Waals surface area contributed by atoms with Crippen LogP contribution in [-0.2, 0) is 0 Å². The van der Waals surface area contributed by atoms with Crippen LogP contribution in [0.2, 0.25) is 5.02 Å². The van der Waals surface area contributed by atoms with Gasteiger partial charge in [-0.3, -0.25) is 10.1 Å². The maximum Gasteiger partial charge on any atom is 0.247 e. The third kappa shape index (κ3) is 4.93. The average Bonchev–Trinajstić information content (AvgIpc) is 2.37. The maximum atomic E-state index is 11.1. The Morgan fingerprint density at radius 3 is 2.62 bits per heavy atom. The Labute approximate surface area is 129 Å². The lowest BCUT2D eigenvalue weighted by Gasteiger charge is -2.12. The van der Waals surface area contributed by atoms with Gasteiger partial charge in [-0.05, 0) is 30.5 Å². The minimum atomic E-state index is -0.363. The van der Waals surface area contributed by atoms with E-state index >= 15 is 0 Å². The second-order valence-corrected chi connectivity index (χ2v) is 5.37. The number of halogens is 1. The van der Waals surface area contributed by atoms with Gasteiger partial charge in [0.25, 0.3) is 0 Å². The van der Waals surface area contributed by atoms with Gasteiger partial charge in [0.15, 0.2) is 11.5 Å². The molecule has 0 radical (unpaired) electrons. The van der Waals surface area contributed by atoms with E-state index in [1.54, 1.807) is 12.1 Å². The molecule has 6 heteroatoms. The zero-order chi connectivity index (χ0) is 16.0. The van der Waals surface area contributed by atoms with Crippen molar-refractivity contribution in [2.24, 2.45) is 5.92 Å². The zero-order valence-electron chi connectivity index (χ0n) is 12.7. The van der Waals surface area contributed by atoms with Crippen LogP contribution in [0, 0.1) is 16.0 Å². The lowest BCUT2D eigenvalue weighted by Crippen LogP contribution is -2.02. The molecule has 0 saturated carbocycles. The summed E-state index contributed by atoms with van der Waals surface area (Å²) in [5.41, 5.74) is 0.769. The largest absolute Gasteiger partial charge is 0.491 e. The van der Waals surface area contributed by atoms with E-state index in [4.69, 9.17) is 21.1 Å². The molecule has 0 amide bonds. The number of hydrogen-bond acceptors (Lipinski definition) is 4. The lowest BCUT2D eigenvalue weighted by atomic mass is 10.1. The molecule has 0 aliphatic rings. The molecule has 5 nitrogen and oxygen atoms in total. The van der Waals surface area contributed by atoms with Crippen molar-refractivity contribution in [2.75, 3.05) is 13.7 Å². The van der Waals surface area contributed by atoms with Crippen molar-refractivity contribution in [1.29, 1.82) is 0 Å². The highest BCUT2D eigenvalue weighted by Gasteiger charge is 2.16. The summed E-state index contributed by atoms with van der Waals surface area (Å²) in [6.45, 7) is 6.17. The summed E-state index contributed by atoms with van der Waals surface area (Å²) in [5, 5.41) is 11.5.